The largest absolute Gasteiger partial charge is 0.490 e. The van der Waals surface area contributed by atoms with Crippen LogP contribution < -0.4 is 15.6 Å². The van der Waals surface area contributed by atoms with E-state index in [4.69, 9.17) is 19.4 Å². The number of aromatic nitrogens is 1. The number of nitrogens with zero attached hydrogens (tertiary/aromatic N) is 1. The van der Waals surface area contributed by atoms with Crippen LogP contribution >= 0.6 is 0 Å². The van der Waals surface area contributed by atoms with E-state index in [1.165, 1.54) is 16.9 Å². The van der Waals surface area contributed by atoms with Crippen molar-refractivity contribution in [2.24, 2.45) is 0 Å². The minimum Gasteiger partial charge on any atom is -0.483 e. The van der Waals surface area contributed by atoms with Gasteiger partial charge in [0.1, 0.15) is 12.2 Å². The molecule has 8 nitrogen and oxygen atoms in total. The molecule has 1 aromatic carbocycles. The minimum atomic E-state index is -5.08. The molecule has 0 bridgehead atoms. The van der Waals surface area contributed by atoms with Crippen molar-refractivity contribution in [3.8, 4) is 5.75 Å². The summed E-state index contributed by atoms with van der Waals surface area (Å²) >= 11 is 0. The Morgan fingerprint density at radius 1 is 1.09 bits per heavy atom. The minimum absolute atomic E-state index is 0.227. The predicted molar refractivity (Wildman–Crippen MR) is 110 cm³/mol. The quantitative estimate of drug-likeness (QED) is 0.699. The van der Waals surface area contributed by atoms with Gasteiger partial charge in [0.2, 0.25) is 5.43 Å². The Balaban J connectivity index is 0.000000633. The van der Waals surface area contributed by atoms with Crippen LogP contribution in [-0.4, -0.2) is 33.6 Å². The zero-order valence-electron chi connectivity index (χ0n) is 18.0. The van der Waals surface area contributed by atoms with Gasteiger partial charge < -0.3 is 14.6 Å². The topological polar surface area (TPSA) is 107 Å². The van der Waals surface area contributed by atoms with Crippen molar-refractivity contribution in [3.05, 3.63) is 64.1 Å². The highest BCUT2D eigenvalue weighted by molar-refractivity contribution is 5.76. The summed E-state index contributed by atoms with van der Waals surface area (Å²) in [4.78, 5) is 33.1. The van der Waals surface area contributed by atoms with Crippen molar-refractivity contribution in [3.63, 3.8) is 0 Å². The molecule has 2 N–H and O–H groups in total. The van der Waals surface area contributed by atoms with Gasteiger partial charge in [-0.2, -0.15) is 13.2 Å². The van der Waals surface area contributed by atoms with Crippen LogP contribution in [0.3, 0.4) is 0 Å². The number of benzene rings is 1. The lowest BCUT2D eigenvalue weighted by molar-refractivity contribution is -0.192. The number of pyridine rings is 1. The first-order valence-corrected chi connectivity index (χ1v) is 9.46. The van der Waals surface area contributed by atoms with Gasteiger partial charge in [-0.1, -0.05) is 37.3 Å². The number of halogens is 3. The molecule has 1 heterocycles. The number of carbonyl (C=O) groups excluding carboxylic acids is 1. The Morgan fingerprint density at radius 2 is 1.66 bits per heavy atom. The standard InChI is InChI=1S/C19H24N2O4.C2HF3O2/c1-5-15-17(24-13-14-9-7-6-8-10-14)16(22)11-12-21(15)20-18(23)25-19(2,3)4;3-2(4,5)1(6)7/h6-12H,5,13H2,1-4H3,(H,20,23);(H,6,7). The van der Waals surface area contributed by atoms with Crippen LogP contribution in [0, 0.1) is 0 Å². The fraction of sp³-hybridized carbons (Fsp3) is 0.381. The number of carboxylic acid groups (broad SMARTS) is 1. The summed E-state index contributed by atoms with van der Waals surface area (Å²) in [5.41, 5.74) is 3.32. The molecule has 2 aromatic rings. The second-order valence-electron chi connectivity index (χ2n) is 7.37. The highest BCUT2D eigenvalue weighted by Gasteiger charge is 2.38. The van der Waals surface area contributed by atoms with Crippen LogP contribution in [0.5, 0.6) is 5.75 Å². The third kappa shape index (κ3) is 9.11. The molecule has 0 spiro atoms. The van der Waals surface area contributed by atoms with E-state index in [1.807, 2.05) is 37.3 Å². The van der Waals surface area contributed by atoms with E-state index in [0.717, 1.165) is 5.56 Å². The molecule has 32 heavy (non-hydrogen) atoms. The highest BCUT2D eigenvalue weighted by Crippen LogP contribution is 2.16. The summed E-state index contributed by atoms with van der Waals surface area (Å²) in [5.74, 6) is -2.53. The number of rotatable bonds is 5. The number of carbonyl (C=O) groups is 2. The average molecular weight is 458 g/mol. The van der Waals surface area contributed by atoms with Crippen LogP contribution in [0.1, 0.15) is 39.0 Å². The summed E-state index contributed by atoms with van der Waals surface area (Å²) in [6, 6.07) is 10.9. The van der Waals surface area contributed by atoms with E-state index in [0.29, 0.717) is 12.1 Å². The van der Waals surface area contributed by atoms with Crippen molar-refractivity contribution in [1.29, 1.82) is 0 Å². The van der Waals surface area contributed by atoms with Crippen LogP contribution in [-0.2, 0) is 22.6 Å². The molecular formula is C21H25F3N2O6. The van der Waals surface area contributed by atoms with E-state index in [1.54, 1.807) is 20.8 Å². The Morgan fingerprint density at radius 3 is 2.12 bits per heavy atom. The second-order valence-corrected chi connectivity index (χ2v) is 7.37. The fourth-order valence-corrected chi connectivity index (χ4v) is 2.28. The zero-order chi connectivity index (χ0) is 24.5. The lowest BCUT2D eigenvalue weighted by Crippen LogP contribution is -2.33. The number of amides is 1. The molecule has 0 aliphatic carbocycles. The maximum absolute atomic E-state index is 12.2. The van der Waals surface area contributed by atoms with Gasteiger partial charge in [0.15, 0.2) is 5.75 Å². The van der Waals surface area contributed by atoms with Crippen molar-refractivity contribution >= 4 is 12.1 Å². The molecule has 0 radical (unpaired) electrons. The van der Waals surface area contributed by atoms with E-state index in [2.05, 4.69) is 5.43 Å². The van der Waals surface area contributed by atoms with Crippen molar-refractivity contribution in [1.82, 2.24) is 4.68 Å². The predicted octanol–water partition coefficient (Wildman–Crippen LogP) is 4.10. The number of alkyl halides is 3. The third-order valence-electron chi connectivity index (χ3n) is 3.57. The molecule has 0 aliphatic rings. The molecule has 1 aromatic heterocycles. The van der Waals surface area contributed by atoms with Crippen LogP contribution in [0.2, 0.25) is 0 Å². The summed E-state index contributed by atoms with van der Waals surface area (Å²) < 4.78 is 44.2. The summed E-state index contributed by atoms with van der Waals surface area (Å²) in [5, 5.41) is 7.12. The normalized spacial score (nSPS) is 11.1. The fourth-order valence-electron chi connectivity index (χ4n) is 2.28. The number of ether oxygens (including phenoxy) is 2. The Bertz CT molecular complexity index is 966. The molecule has 176 valence electrons. The lowest BCUT2D eigenvalue weighted by Gasteiger charge is -2.22. The van der Waals surface area contributed by atoms with Crippen LogP contribution in [0.25, 0.3) is 0 Å². The van der Waals surface area contributed by atoms with Crippen LogP contribution in [0.4, 0.5) is 18.0 Å². The van der Waals surface area contributed by atoms with Gasteiger partial charge in [-0.25, -0.2) is 15.0 Å². The number of carboxylic acids is 1. The molecule has 0 fully saturated rings. The van der Waals surface area contributed by atoms with E-state index in [-0.39, 0.29) is 17.8 Å². The second kappa shape index (κ2) is 11.2. The molecule has 1 amide bonds. The molecule has 0 saturated heterocycles. The van der Waals surface area contributed by atoms with Crippen molar-refractivity contribution in [2.75, 3.05) is 5.43 Å². The van der Waals surface area contributed by atoms with Gasteiger partial charge in [0, 0.05) is 12.3 Å². The smallest absolute Gasteiger partial charge is 0.483 e. The summed E-state index contributed by atoms with van der Waals surface area (Å²) in [6.07, 6.45) is -3.67. The first-order chi connectivity index (χ1) is 14.7. The van der Waals surface area contributed by atoms with Gasteiger partial charge in [-0.3, -0.25) is 9.47 Å². The first kappa shape index (κ1) is 26.5. The molecule has 11 heteroatoms. The molecule has 0 saturated carbocycles. The Labute approximate surface area is 182 Å². The highest BCUT2D eigenvalue weighted by atomic mass is 19.4. The van der Waals surface area contributed by atoms with Crippen molar-refractivity contribution in [2.45, 2.75) is 52.5 Å². The Kier molecular flexibility index (Phi) is 9.30. The number of nitrogens with one attached hydrogen (secondary N) is 1. The Hall–Kier alpha value is -3.50. The summed E-state index contributed by atoms with van der Waals surface area (Å²) in [6.45, 7) is 7.52. The number of hydrogen-bond donors (Lipinski definition) is 2. The monoisotopic (exact) mass is 458 g/mol. The first-order valence-electron chi connectivity index (χ1n) is 9.46. The molecular weight excluding hydrogens is 433 g/mol. The molecule has 0 atom stereocenters. The van der Waals surface area contributed by atoms with E-state index in [9.17, 15) is 22.8 Å². The average Bonchev–Trinajstić information content (AvgIpc) is 2.67. The zero-order valence-corrected chi connectivity index (χ0v) is 18.0. The van der Waals surface area contributed by atoms with E-state index >= 15 is 0 Å². The maximum Gasteiger partial charge on any atom is 0.490 e. The number of aliphatic carboxylic acids is 1. The van der Waals surface area contributed by atoms with Gasteiger partial charge in [-0.15, -0.1) is 0 Å². The van der Waals surface area contributed by atoms with E-state index < -0.39 is 23.8 Å². The van der Waals surface area contributed by atoms with Gasteiger partial charge in [0.25, 0.3) is 0 Å². The third-order valence-corrected chi connectivity index (χ3v) is 3.57. The van der Waals surface area contributed by atoms with Gasteiger partial charge in [0.05, 0.1) is 5.69 Å². The van der Waals surface area contributed by atoms with Crippen LogP contribution in [0.15, 0.2) is 47.4 Å². The number of hydrogen-bond acceptors (Lipinski definition) is 5. The summed E-state index contributed by atoms with van der Waals surface area (Å²) in [7, 11) is 0. The molecule has 2 rings (SSSR count). The molecule has 0 aliphatic heterocycles. The van der Waals surface area contributed by atoms with Crippen molar-refractivity contribution < 1.29 is 37.3 Å². The maximum atomic E-state index is 12.2. The van der Waals surface area contributed by atoms with Gasteiger partial charge in [-0.05, 0) is 32.8 Å². The molecule has 0 unspecified atom stereocenters. The lowest BCUT2D eigenvalue weighted by atomic mass is 10.2. The van der Waals surface area contributed by atoms with Gasteiger partial charge >= 0.3 is 18.2 Å². The SMILES string of the molecule is CCc1c(OCc2ccccc2)c(=O)ccn1NC(=O)OC(C)(C)C.O=C(O)C(F)(F)F.